The van der Waals surface area contributed by atoms with Crippen LogP contribution in [0.5, 0.6) is 0 Å². The Labute approximate surface area is 84.4 Å². The third-order valence-corrected chi connectivity index (χ3v) is 1.13. The highest BCUT2D eigenvalue weighted by atomic mass is 16.5. The van der Waals surface area contributed by atoms with Crippen LogP contribution in [-0.4, -0.2) is 31.0 Å². The molecule has 3 heteroatoms. The summed E-state index contributed by atoms with van der Waals surface area (Å²) in [5, 5.41) is 8.27. The average molecular weight is 192 g/mol. The Kier molecular flexibility index (Phi) is 8.40. The molecular weight excluding hydrogens is 180 g/mol. The van der Waals surface area contributed by atoms with Crippen LogP contribution in [0.1, 0.15) is 6.92 Å². The summed E-state index contributed by atoms with van der Waals surface area (Å²) in [5.74, 6) is 10.1. The van der Waals surface area contributed by atoms with Crippen molar-refractivity contribution < 1.29 is 14.6 Å². The summed E-state index contributed by atoms with van der Waals surface area (Å²) >= 11 is 0. The molecule has 1 atom stereocenters. The fourth-order valence-corrected chi connectivity index (χ4v) is 0.472. The highest BCUT2D eigenvalue weighted by Crippen LogP contribution is 1.84. The highest BCUT2D eigenvalue weighted by Gasteiger charge is 1.90. The lowest BCUT2D eigenvalue weighted by atomic mass is 10.4. The zero-order valence-corrected chi connectivity index (χ0v) is 8.04. The van der Waals surface area contributed by atoms with Crippen LogP contribution >= 0.6 is 0 Å². The predicted molar refractivity (Wildman–Crippen MR) is 52.8 cm³/mol. The Morgan fingerprint density at radius 1 is 1.29 bits per heavy atom. The van der Waals surface area contributed by atoms with E-state index in [1.165, 1.54) is 0 Å². The van der Waals surface area contributed by atoms with Gasteiger partial charge in [-0.05, 0) is 12.8 Å². The number of hydrogen-bond donors (Lipinski definition) is 1. The van der Waals surface area contributed by atoms with E-state index in [-0.39, 0.29) is 25.9 Å². The molecule has 0 heterocycles. The monoisotopic (exact) mass is 192 g/mol. The first kappa shape index (κ1) is 12.4. The van der Waals surface area contributed by atoms with Gasteiger partial charge in [0.2, 0.25) is 0 Å². The van der Waals surface area contributed by atoms with E-state index < -0.39 is 0 Å². The minimum absolute atomic E-state index is 0.195. The minimum Gasteiger partial charge on any atom is -0.433 e. The maximum absolute atomic E-state index is 8.27. The van der Waals surface area contributed by atoms with Crippen LogP contribution in [0.3, 0.4) is 0 Å². The van der Waals surface area contributed by atoms with Crippen molar-refractivity contribution >= 4 is 0 Å². The van der Waals surface area contributed by atoms with Gasteiger partial charge in [0, 0.05) is 0 Å². The van der Waals surface area contributed by atoms with Crippen molar-refractivity contribution in [3.8, 4) is 36.2 Å². The van der Waals surface area contributed by atoms with Crippen molar-refractivity contribution in [3.63, 3.8) is 0 Å². The van der Waals surface area contributed by atoms with Crippen LogP contribution in [-0.2, 0) is 9.47 Å². The molecule has 0 amide bonds. The number of rotatable bonds is 3. The topological polar surface area (TPSA) is 38.7 Å². The van der Waals surface area contributed by atoms with Gasteiger partial charge in [0.25, 0.3) is 0 Å². The number of aliphatic hydroxyl groups is 1. The van der Waals surface area contributed by atoms with Gasteiger partial charge in [-0.2, -0.15) is 0 Å². The molecule has 0 aliphatic carbocycles. The lowest BCUT2D eigenvalue weighted by Crippen LogP contribution is -2.04. The van der Waals surface area contributed by atoms with Crippen LogP contribution in [0.25, 0.3) is 0 Å². The van der Waals surface area contributed by atoms with E-state index in [4.69, 9.17) is 21.0 Å². The molecular formula is C11H12O3. The van der Waals surface area contributed by atoms with E-state index in [0.717, 1.165) is 0 Å². The van der Waals surface area contributed by atoms with E-state index in [2.05, 4.69) is 29.8 Å². The van der Waals surface area contributed by atoms with Gasteiger partial charge in [0.1, 0.15) is 25.4 Å². The number of hydrogen-bond acceptors (Lipinski definition) is 3. The molecule has 0 rings (SSSR count). The molecule has 0 aliphatic rings. The van der Waals surface area contributed by atoms with Gasteiger partial charge in [0.15, 0.2) is 6.61 Å². The van der Waals surface area contributed by atoms with Gasteiger partial charge in [-0.1, -0.05) is 17.8 Å². The fraction of sp³-hybridized carbons (Fsp3) is 0.455. The van der Waals surface area contributed by atoms with Crippen molar-refractivity contribution in [3.05, 3.63) is 0 Å². The van der Waals surface area contributed by atoms with Crippen molar-refractivity contribution in [2.45, 2.75) is 13.0 Å². The molecule has 14 heavy (non-hydrogen) atoms. The van der Waals surface area contributed by atoms with Gasteiger partial charge in [-0.3, -0.25) is 0 Å². The van der Waals surface area contributed by atoms with Crippen molar-refractivity contribution in [1.82, 2.24) is 0 Å². The zero-order valence-electron chi connectivity index (χ0n) is 8.04. The smallest absolute Gasteiger partial charge is 0.160 e. The normalized spacial score (nSPS) is 9.79. The lowest BCUT2D eigenvalue weighted by Gasteiger charge is -1.99. The van der Waals surface area contributed by atoms with E-state index in [9.17, 15) is 0 Å². The standard InChI is InChI=1S/C11H12O3/c1-3-11(2)14-10-5-4-8-13-9-6-7-12/h1,11-12H,7-8,10H2,2H3. The second-order valence-corrected chi connectivity index (χ2v) is 2.20. The third-order valence-electron chi connectivity index (χ3n) is 1.13. The Morgan fingerprint density at radius 2 is 2.00 bits per heavy atom. The Balaban J connectivity index is 3.41. The lowest BCUT2D eigenvalue weighted by molar-refractivity contribution is 0.134. The largest absolute Gasteiger partial charge is 0.433 e. The minimum atomic E-state index is -0.223. The molecule has 0 aromatic rings. The quantitative estimate of drug-likeness (QED) is 0.505. The molecule has 0 saturated carbocycles. The summed E-state index contributed by atoms with van der Waals surface area (Å²) < 4.78 is 9.79. The van der Waals surface area contributed by atoms with Gasteiger partial charge in [-0.15, -0.1) is 6.42 Å². The fourth-order valence-electron chi connectivity index (χ4n) is 0.472. The average Bonchev–Trinajstić information content (AvgIpc) is 2.21. The maximum Gasteiger partial charge on any atom is 0.160 e. The molecule has 0 saturated heterocycles. The highest BCUT2D eigenvalue weighted by molar-refractivity contribution is 5.02. The molecule has 0 bridgehead atoms. The summed E-state index contributed by atoms with van der Waals surface area (Å²) in [4.78, 5) is 0. The molecule has 74 valence electrons. The number of aliphatic hydroxyl groups excluding tert-OH is 1. The van der Waals surface area contributed by atoms with E-state index in [1.54, 1.807) is 6.92 Å². The molecule has 0 radical (unpaired) electrons. The van der Waals surface area contributed by atoms with Crippen LogP contribution in [0, 0.1) is 36.2 Å². The number of terminal acetylenes is 1. The van der Waals surface area contributed by atoms with E-state index in [0.29, 0.717) is 0 Å². The van der Waals surface area contributed by atoms with Gasteiger partial charge < -0.3 is 14.6 Å². The van der Waals surface area contributed by atoms with Crippen LogP contribution in [0.4, 0.5) is 0 Å². The summed E-state index contributed by atoms with van der Waals surface area (Å²) in [6.45, 7) is 2.03. The van der Waals surface area contributed by atoms with Crippen molar-refractivity contribution in [2.75, 3.05) is 19.8 Å². The Hall–Kier alpha value is -1.60. The molecule has 1 unspecified atom stereocenters. The van der Waals surface area contributed by atoms with Gasteiger partial charge >= 0.3 is 0 Å². The molecule has 3 nitrogen and oxygen atoms in total. The first-order chi connectivity index (χ1) is 6.81. The summed E-state index contributed by atoms with van der Waals surface area (Å²) in [6.07, 6.45) is 7.13. The van der Waals surface area contributed by atoms with Crippen LogP contribution in [0.2, 0.25) is 0 Å². The summed E-state index contributed by atoms with van der Waals surface area (Å²) in [6, 6.07) is 0. The zero-order chi connectivity index (χ0) is 10.6. The third kappa shape index (κ3) is 8.50. The van der Waals surface area contributed by atoms with E-state index in [1.807, 2.05) is 0 Å². The Morgan fingerprint density at radius 3 is 2.64 bits per heavy atom. The van der Waals surface area contributed by atoms with Crippen LogP contribution < -0.4 is 0 Å². The molecule has 1 N–H and O–H groups in total. The summed E-state index contributed by atoms with van der Waals surface area (Å²) in [7, 11) is 0. The first-order valence-corrected chi connectivity index (χ1v) is 4.05. The Bertz CT molecular complexity index is 292. The number of ether oxygens (including phenoxy) is 2. The molecule has 0 fully saturated rings. The molecule has 0 aromatic carbocycles. The predicted octanol–water partition coefficient (Wildman–Crippen LogP) is -0.00210. The van der Waals surface area contributed by atoms with Gasteiger partial charge in [-0.25, -0.2) is 0 Å². The van der Waals surface area contributed by atoms with Gasteiger partial charge in [0.05, 0.1) is 0 Å². The summed E-state index contributed by atoms with van der Waals surface area (Å²) in [5.41, 5.74) is 0. The van der Waals surface area contributed by atoms with Crippen molar-refractivity contribution in [1.29, 1.82) is 0 Å². The second kappa shape index (κ2) is 9.49. The van der Waals surface area contributed by atoms with Crippen molar-refractivity contribution in [2.24, 2.45) is 0 Å². The molecule has 0 spiro atoms. The maximum atomic E-state index is 8.27. The first-order valence-electron chi connectivity index (χ1n) is 4.05. The molecule has 0 aromatic heterocycles. The SMILES string of the molecule is C#CC(C)OCC#CCOC#CCO. The second-order valence-electron chi connectivity index (χ2n) is 2.20. The molecule has 0 aliphatic heterocycles. The van der Waals surface area contributed by atoms with E-state index >= 15 is 0 Å². The van der Waals surface area contributed by atoms with Crippen LogP contribution in [0.15, 0.2) is 0 Å².